The molecule has 3 aromatic heterocycles. The number of imidazole rings is 1. The minimum Gasteiger partial charge on any atom is -0.376 e. The average Bonchev–Trinajstić information content (AvgIpc) is 3.37. The largest absolute Gasteiger partial charge is 0.376 e. The summed E-state index contributed by atoms with van der Waals surface area (Å²) in [5.74, 6) is -0.0262. The lowest BCUT2D eigenvalue weighted by molar-refractivity contribution is 0.0507. The number of fused-ring (bicyclic) bond motifs is 1. The smallest absolute Gasteiger partial charge is 0.255 e. The van der Waals surface area contributed by atoms with Crippen molar-refractivity contribution < 1.29 is 9.53 Å². The molecule has 1 aliphatic heterocycles. The van der Waals surface area contributed by atoms with Crippen molar-refractivity contribution in [2.75, 3.05) is 13.2 Å². The third-order valence-electron chi connectivity index (χ3n) is 4.49. The highest BCUT2D eigenvalue weighted by Gasteiger charge is 2.24. The molecule has 4 rings (SSSR count). The second-order valence-corrected chi connectivity index (χ2v) is 7.15. The Balaban J connectivity index is 1.60. The second kappa shape index (κ2) is 6.93. The third kappa shape index (κ3) is 3.43. The summed E-state index contributed by atoms with van der Waals surface area (Å²) in [6, 6.07) is 3.88. The lowest BCUT2D eigenvalue weighted by atomic mass is 10.1. The van der Waals surface area contributed by atoms with Crippen LogP contribution in [0.5, 0.6) is 0 Å². The van der Waals surface area contributed by atoms with Crippen LogP contribution in [-0.4, -0.2) is 44.6 Å². The summed E-state index contributed by atoms with van der Waals surface area (Å²) in [7, 11) is 1.89. The van der Waals surface area contributed by atoms with Crippen LogP contribution in [0.3, 0.4) is 0 Å². The molecule has 1 saturated heterocycles. The number of hydrogen-bond donors (Lipinski definition) is 0. The van der Waals surface area contributed by atoms with Crippen molar-refractivity contribution in [1.29, 1.82) is 0 Å². The molecule has 1 fully saturated rings. The number of aryl methyl sites for hydroxylation is 1. The third-order valence-corrected chi connectivity index (χ3v) is 5.22. The maximum Gasteiger partial charge on any atom is 0.255 e. The van der Waals surface area contributed by atoms with E-state index in [9.17, 15) is 4.79 Å². The molecule has 0 radical (unpaired) electrons. The van der Waals surface area contributed by atoms with Crippen molar-refractivity contribution >= 4 is 28.4 Å². The molecule has 0 N–H and O–H groups in total. The van der Waals surface area contributed by atoms with E-state index in [4.69, 9.17) is 4.74 Å². The van der Waals surface area contributed by atoms with Crippen LogP contribution in [0, 0.1) is 0 Å². The SMILES string of the molecule is Cn1cnc2cc(C(=O)N(Cc3ccsc3)CC3CCCO3)cnc21. The Kier molecular flexibility index (Phi) is 4.50. The molecule has 0 aliphatic carbocycles. The van der Waals surface area contributed by atoms with Crippen LogP contribution >= 0.6 is 11.3 Å². The minimum atomic E-state index is -0.0262. The minimum absolute atomic E-state index is 0.0262. The van der Waals surface area contributed by atoms with Crippen LogP contribution in [0.2, 0.25) is 0 Å². The van der Waals surface area contributed by atoms with Gasteiger partial charge in [0, 0.05) is 32.9 Å². The maximum absolute atomic E-state index is 13.1. The number of amides is 1. The molecule has 3 aromatic rings. The molecule has 0 saturated carbocycles. The van der Waals surface area contributed by atoms with E-state index >= 15 is 0 Å². The fourth-order valence-corrected chi connectivity index (χ4v) is 3.83. The molecule has 7 heteroatoms. The van der Waals surface area contributed by atoms with Gasteiger partial charge in [-0.2, -0.15) is 11.3 Å². The molecule has 1 amide bonds. The Morgan fingerprint density at radius 2 is 2.40 bits per heavy atom. The summed E-state index contributed by atoms with van der Waals surface area (Å²) in [6.45, 7) is 1.98. The summed E-state index contributed by atoms with van der Waals surface area (Å²) in [6.07, 6.45) is 5.54. The number of rotatable bonds is 5. The molecule has 25 heavy (non-hydrogen) atoms. The highest BCUT2D eigenvalue weighted by Crippen LogP contribution is 2.19. The summed E-state index contributed by atoms with van der Waals surface area (Å²) in [4.78, 5) is 23.7. The van der Waals surface area contributed by atoms with Crippen LogP contribution in [-0.2, 0) is 18.3 Å². The standard InChI is InChI=1S/C18H20N4O2S/c1-21-12-20-16-7-14(8-19-17(16)21)18(23)22(9-13-4-6-25-11-13)10-15-3-2-5-24-15/h4,6-8,11-12,15H,2-3,5,9-10H2,1H3. The Labute approximate surface area is 150 Å². The molecule has 4 heterocycles. The first-order valence-corrected chi connectivity index (χ1v) is 9.34. The monoisotopic (exact) mass is 356 g/mol. The van der Waals surface area contributed by atoms with E-state index in [1.807, 2.05) is 28.0 Å². The second-order valence-electron chi connectivity index (χ2n) is 6.37. The zero-order valence-electron chi connectivity index (χ0n) is 14.1. The Hall–Kier alpha value is -2.25. The number of ether oxygens (including phenoxy) is 1. The van der Waals surface area contributed by atoms with Gasteiger partial charge in [-0.25, -0.2) is 9.97 Å². The summed E-state index contributed by atoms with van der Waals surface area (Å²) in [5.41, 5.74) is 3.23. The number of carbonyl (C=O) groups is 1. The number of thiophene rings is 1. The van der Waals surface area contributed by atoms with E-state index in [0.717, 1.165) is 36.2 Å². The molecular formula is C18H20N4O2S. The van der Waals surface area contributed by atoms with Gasteiger partial charge in [0.25, 0.3) is 5.91 Å². The normalized spacial score (nSPS) is 17.2. The van der Waals surface area contributed by atoms with E-state index in [-0.39, 0.29) is 12.0 Å². The van der Waals surface area contributed by atoms with E-state index in [0.29, 0.717) is 18.7 Å². The Morgan fingerprint density at radius 3 is 3.16 bits per heavy atom. The van der Waals surface area contributed by atoms with Gasteiger partial charge in [-0.15, -0.1) is 0 Å². The molecule has 1 aliphatic rings. The summed E-state index contributed by atoms with van der Waals surface area (Å²) < 4.78 is 7.59. The van der Waals surface area contributed by atoms with Gasteiger partial charge in [0.15, 0.2) is 5.65 Å². The van der Waals surface area contributed by atoms with Gasteiger partial charge >= 0.3 is 0 Å². The van der Waals surface area contributed by atoms with Crippen molar-refractivity contribution in [3.8, 4) is 0 Å². The lowest BCUT2D eigenvalue weighted by Gasteiger charge is -2.25. The number of carbonyl (C=O) groups excluding carboxylic acids is 1. The maximum atomic E-state index is 13.1. The topological polar surface area (TPSA) is 60.2 Å². The highest BCUT2D eigenvalue weighted by atomic mass is 32.1. The first-order chi connectivity index (χ1) is 12.2. The zero-order chi connectivity index (χ0) is 17.2. The van der Waals surface area contributed by atoms with Crippen LogP contribution in [0.15, 0.2) is 35.4 Å². The molecule has 0 spiro atoms. The van der Waals surface area contributed by atoms with Crippen molar-refractivity contribution in [3.05, 3.63) is 46.5 Å². The van der Waals surface area contributed by atoms with Gasteiger partial charge < -0.3 is 14.2 Å². The van der Waals surface area contributed by atoms with Gasteiger partial charge in [-0.05, 0) is 41.3 Å². The molecule has 0 aromatic carbocycles. The number of aromatic nitrogens is 3. The molecule has 1 atom stereocenters. The fourth-order valence-electron chi connectivity index (χ4n) is 3.17. The lowest BCUT2D eigenvalue weighted by Crippen LogP contribution is -2.36. The fraction of sp³-hybridized carbons (Fsp3) is 0.389. The molecule has 0 bridgehead atoms. The van der Waals surface area contributed by atoms with Gasteiger partial charge in [0.05, 0.1) is 18.0 Å². The van der Waals surface area contributed by atoms with E-state index in [1.165, 1.54) is 0 Å². The number of nitrogens with zero attached hydrogens (tertiary/aromatic N) is 4. The van der Waals surface area contributed by atoms with Crippen LogP contribution in [0.4, 0.5) is 0 Å². The van der Waals surface area contributed by atoms with E-state index < -0.39 is 0 Å². The zero-order valence-corrected chi connectivity index (χ0v) is 14.9. The van der Waals surface area contributed by atoms with Crippen molar-refractivity contribution in [1.82, 2.24) is 19.4 Å². The van der Waals surface area contributed by atoms with E-state index in [2.05, 4.69) is 21.4 Å². The van der Waals surface area contributed by atoms with Gasteiger partial charge in [-0.1, -0.05) is 0 Å². The first-order valence-electron chi connectivity index (χ1n) is 8.40. The molecular weight excluding hydrogens is 336 g/mol. The highest BCUT2D eigenvalue weighted by molar-refractivity contribution is 7.07. The Bertz CT molecular complexity index is 868. The van der Waals surface area contributed by atoms with Gasteiger partial charge in [0.2, 0.25) is 0 Å². The summed E-state index contributed by atoms with van der Waals surface area (Å²) in [5, 5.41) is 4.11. The number of hydrogen-bond acceptors (Lipinski definition) is 5. The van der Waals surface area contributed by atoms with Gasteiger partial charge in [-0.3, -0.25) is 4.79 Å². The van der Waals surface area contributed by atoms with E-state index in [1.54, 1.807) is 23.9 Å². The van der Waals surface area contributed by atoms with Crippen molar-refractivity contribution in [3.63, 3.8) is 0 Å². The Morgan fingerprint density at radius 1 is 1.48 bits per heavy atom. The molecule has 130 valence electrons. The van der Waals surface area contributed by atoms with Crippen LogP contribution < -0.4 is 0 Å². The van der Waals surface area contributed by atoms with Gasteiger partial charge in [0.1, 0.15) is 5.52 Å². The van der Waals surface area contributed by atoms with Crippen LogP contribution in [0.25, 0.3) is 11.2 Å². The predicted octanol–water partition coefficient (Wildman–Crippen LogP) is 2.85. The van der Waals surface area contributed by atoms with Crippen molar-refractivity contribution in [2.45, 2.75) is 25.5 Å². The molecule has 6 nitrogen and oxygen atoms in total. The predicted molar refractivity (Wildman–Crippen MR) is 96.5 cm³/mol. The first kappa shape index (κ1) is 16.2. The average molecular weight is 356 g/mol. The van der Waals surface area contributed by atoms with Crippen molar-refractivity contribution in [2.24, 2.45) is 7.05 Å². The van der Waals surface area contributed by atoms with Crippen LogP contribution in [0.1, 0.15) is 28.8 Å². The number of pyridine rings is 1. The summed E-state index contributed by atoms with van der Waals surface area (Å²) >= 11 is 1.64. The molecule has 1 unspecified atom stereocenters. The quantitative estimate of drug-likeness (QED) is 0.705.